The fourth-order valence-electron chi connectivity index (χ4n) is 3.26. The molecule has 4 aromatic rings. The van der Waals surface area contributed by atoms with Gasteiger partial charge in [-0.1, -0.05) is 24.3 Å². The van der Waals surface area contributed by atoms with Gasteiger partial charge < -0.3 is 19.3 Å². The van der Waals surface area contributed by atoms with Crippen LogP contribution in [-0.4, -0.2) is 29.3 Å². The Kier molecular flexibility index (Phi) is 5.50. The third-order valence-corrected chi connectivity index (χ3v) is 4.83. The van der Waals surface area contributed by atoms with Crippen molar-refractivity contribution in [3.8, 4) is 34.3 Å². The molecule has 2 heterocycles. The van der Waals surface area contributed by atoms with E-state index < -0.39 is 0 Å². The Balaban J connectivity index is 1.80. The SMILES string of the molecule is COc1cc2nccc(Oc3ccc(C)nc3-c3ccc(CO)cc3)c2cc1OC. The van der Waals surface area contributed by atoms with Gasteiger partial charge in [0.15, 0.2) is 17.2 Å². The highest BCUT2D eigenvalue weighted by atomic mass is 16.5. The number of nitrogens with zero attached hydrogens (tertiary/aromatic N) is 2. The summed E-state index contributed by atoms with van der Waals surface area (Å²) in [5.74, 6) is 2.47. The van der Waals surface area contributed by atoms with Crippen LogP contribution >= 0.6 is 0 Å². The number of aliphatic hydroxyl groups is 1. The zero-order chi connectivity index (χ0) is 21.1. The summed E-state index contributed by atoms with van der Waals surface area (Å²) >= 11 is 0. The van der Waals surface area contributed by atoms with Gasteiger partial charge in [-0.3, -0.25) is 4.98 Å². The van der Waals surface area contributed by atoms with E-state index in [0.29, 0.717) is 23.0 Å². The number of hydrogen-bond acceptors (Lipinski definition) is 6. The molecular weight excluding hydrogens is 380 g/mol. The first-order chi connectivity index (χ1) is 14.6. The van der Waals surface area contributed by atoms with Crippen molar-refractivity contribution in [2.24, 2.45) is 0 Å². The highest BCUT2D eigenvalue weighted by molar-refractivity contribution is 5.88. The first-order valence-corrected chi connectivity index (χ1v) is 9.49. The van der Waals surface area contributed by atoms with Crippen LogP contribution in [0.3, 0.4) is 0 Å². The normalized spacial score (nSPS) is 10.8. The van der Waals surface area contributed by atoms with Crippen molar-refractivity contribution in [1.29, 1.82) is 0 Å². The molecule has 0 amide bonds. The van der Waals surface area contributed by atoms with Crippen molar-refractivity contribution in [2.75, 3.05) is 14.2 Å². The molecule has 0 aliphatic rings. The van der Waals surface area contributed by atoms with Crippen LogP contribution in [0.2, 0.25) is 0 Å². The minimum absolute atomic E-state index is 0.000810. The molecule has 0 aliphatic heterocycles. The number of fused-ring (bicyclic) bond motifs is 1. The Morgan fingerprint density at radius 1 is 0.833 bits per heavy atom. The topological polar surface area (TPSA) is 73.7 Å². The first kappa shape index (κ1) is 19.7. The van der Waals surface area contributed by atoms with Gasteiger partial charge in [0.1, 0.15) is 11.4 Å². The Labute approximate surface area is 174 Å². The smallest absolute Gasteiger partial charge is 0.162 e. The zero-order valence-corrected chi connectivity index (χ0v) is 17.0. The van der Waals surface area contributed by atoms with Gasteiger partial charge in [0.2, 0.25) is 0 Å². The zero-order valence-electron chi connectivity index (χ0n) is 17.0. The van der Waals surface area contributed by atoms with Crippen LogP contribution in [0.25, 0.3) is 22.2 Å². The van der Waals surface area contributed by atoms with E-state index >= 15 is 0 Å². The second-order valence-electron chi connectivity index (χ2n) is 6.79. The molecule has 0 aliphatic carbocycles. The van der Waals surface area contributed by atoms with E-state index in [-0.39, 0.29) is 6.61 Å². The van der Waals surface area contributed by atoms with E-state index in [0.717, 1.165) is 33.4 Å². The summed E-state index contributed by atoms with van der Waals surface area (Å²) in [6, 6.07) is 16.9. The molecule has 6 nitrogen and oxygen atoms in total. The molecule has 2 aromatic carbocycles. The maximum Gasteiger partial charge on any atom is 0.162 e. The molecule has 0 radical (unpaired) electrons. The predicted octanol–water partition coefficient (Wildman–Crippen LogP) is 4.91. The molecule has 6 heteroatoms. The molecular formula is C24H22N2O4. The number of benzene rings is 2. The monoisotopic (exact) mass is 402 g/mol. The fraction of sp³-hybridized carbons (Fsp3) is 0.167. The lowest BCUT2D eigenvalue weighted by Crippen LogP contribution is -1.96. The van der Waals surface area contributed by atoms with Crippen molar-refractivity contribution in [3.05, 3.63) is 72.1 Å². The van der Waals surface area contributed by atoms with E-state index in [4.69, 9.17) is 14.2 Å². The first-order valence-electron chi connectivity index (χ1n) is 9.49. The predicted molar refractivity (Wildman–Crippen MR) is 115 cm³/mol. The number of pyridine rings is 2. The molecule has 1 N–H and O–H groups in total. The van der Waals surface area contributed by atoms with Gasteiger partial charge in [-0.25, -0.2) is 4.98 Å². The summed E-state index contributed by atoms with van der Waals surface area (Å²) in [4.78, 5) is 9.11. The third-order valence-electron chi connectivity index (χ3n) is 4.83. The van der Waals surface area contributed by atoms with Crippen molar-refractivity contribution >= 4 is 10.9 Å². The van der Waals surface area contributed by atoms with Crippen LogP contribution in [0.4, 0.5) is 0 Å². The molecule has 0 saturated heterocycles. The van der Waals surface area contributed by atoms with Gasteiger partial charge in [-0.15, -0.1) is 0 Å². The Morgan fingerprint density at radius 2 is 1.57 bits per heavy atom. The van der Waals surface area contributed by atoms with Crippen molar-refractivity contribution in [2.45, 2.75) is 13.5 Å². The van der Waals surface area contributed by atoms with Gasteiger partial charge in [-0.2, -0.15) is 0 Å². The minimum Gasteiger partial charge on any atom is -0.493 e. The van der Waals surface area contributed by atoms with Crippen LogP contribution in [0.15, 0.2) is 60.8 Å². The summed E-state index contributed by atoms with van der Waals surface area (Å²) in [6.45, 7) is 1.94. The average Bonchev–Trinajstić information content (AvgIpc) is 2.79. The number of aromatic nitrogens is 2. The molecule has 0 unspecified atom stereocenters. The number of rotatable bonds is 6. The number of hydrogen-bond donors (Lipinski definition) is 1. The number of ether oxygens (including phenoxy) is 3. The summed E-state index contributed by atoms with van der Waals surface area (Å²) < 4.78 is 17.1. The molecule has 30 heavy (non-hydrogen) atoms. The lowest BCUT2D eigenvalue weighted by molar-refractivity contribution is 0.282. The maximum atomic E-state index is 9.31. The second kappa shape index (κ2) is 8.39. The van der Waals surface area contributed by atoms with Crippen molar-refractivity contribution in [3.63, 3.8) is 0 Å². The summed E-state index contributed by atoms with van der Waals surface area (Å²) in [7, 11) is 3.19. The molecule has 0 atom stereocenters. The van der Waals surface area contributed by atoms with Crippen LogP contribution in [0, 0.1) is 6.92 Å². The van der Waals surface area contributed by atoms with Crippen molar-refractivity contribution in [1.82, 2.24) is 9.97 Å². The van der Waals surface area contributed by atoms with E-state index in [1.807, 2.05) is 61.5 Å². The third kappa shape index (κ3) is 3.77. The van der Waals surface area contributed by atoms with Gasteiger partial charge >= 0.3 is 0 Å². The second-order valence-corrected chi connectivity index (χ2v) is 6.79. The van der Waals surface area contributed by atoms with Gasteiger partial charge in [0.05, 0.1) is 26.3 Å². The number of aliphatic hydroxyl groups excluding tert-OH is 1. The van der Waals surface area contributed by atoms with Gasteiger partial charge in [-0.05, 0) is 36.8 Å². The highest BCUT2D eigenvalue weighted by Gasteiger charge is 2.14. The van der Waals surface area contributed by atoms with Crippen LogP contribution in [0.1, 0.15) is 11.3 Å². The fourth-order valence-corrected chi connectivity index (χ4v) is 3.26. The largest absolute Gasteiger partial charge is 0.493 e. The molecule has 0 bridgehead atoms. The van der Waals surface area contributed by atoms with E-state index in [9.17, 15) is 5.11 Å². The standard InChI is InChI=1S/C24H22N2O4/c1-15-4-9-21(24(26-15)17-7-5-16(14-27)6-8-17)30-20-10-11-25-19-13-23(29-3)22(28-2)12-18(19)20/h4-13,27H,14H2,1-3H3. The summed E-state index contributed by atoms with van der Waals surface area (Å²) in [5.41, 5.74) is 4.09. The Morgan fingerprint density at radius 3 is 2.27 bits per heavy atom. The molecule has 0 spiro atoms. The van der Waals surface area contributed by atoms with Gasteiger partial charge in [0.25, 0.3) is 0 Å². The Hall–Kier alpha value is -3.64. The van der Waals surface area contributed by atoms with Crippen molar-refractivity contribution < 1.29 is 19.3 Å². The minimum atomic E-state index is -0.000810. The molecule has 0 fully saturated rings. The van der Waals surface area contributed by atoms with Crippen LogP contribution in [0.5, 0.6) is 23.0 Å². The maximum absolute atomic E-state index is 9.31. The number of aryl methyl sites for hydroxylation is 1. The lowest BCUT2D eigenvalue weighted by atomic mass is 10.1. The number of methoxy groups -OCH3 is 2. The van der Waals surface area contributed by atoms with E-state index in [2.05, 4.69) is 9.97 Å². The average molecular weight is 402 g/mol. The van der Waals surface area contributed by atoms with E-state index in [1.54, 1.807) is 20.4 Å². The van der Waals surface area contributed by atoms with E-state index in [1.165, 1.54) is 0 Å². The van der Waals surface area contributed by atoms with Gasteiger partial charge in [0, 0.05) is 28.9 Å². The lowest BCUT2D eigenvalue weighted by Gasteiger charge is -2.14. The summed E-state index contributed by atoms with van der Waals surface area (Å²) in [6.07, 6.45) is 1.70. The quantitative estimate of drug-likeness (QED) is 0.494. The molecule has 0 saturated carbocycles. The molecule has 4 rings (SSSR count). The summed E-state index contributed by atoms with van der Waals surface area (Å²) in [5, 5.41) is 10.1. The highest BCUT2D eigenvalue weighted by Crippen LogP contribution is 2.39. The molecule has 152 valence electrons. The van der Waals surface area contributed by atoms with Crippen LogP contribution < -0.4 is 14.2 Å². The molecule has 2 aromatic heterocycles. The Bertz CT molecular complexity index is 1190. The van der Waals surface area contributed by atoms with Crippen LogP contribution in [-0.2, 0) is 6.61 Å².